The standard InChI is InChI=1S/C6H6N2O4S/c1-12-8-4(9)5-7-2-3(13-5)6(10)11/h2H,1H3,(H,8,9)(H,10,11). The third-order valence-corrected chi connectivity index (χ3v) is 2.09. The van der Waals surface area contributed by atoms with E-state index < -0.39 is 11.9 Å². The van der Waals surface area contributed by atoms with Crippen molar-refractivity contribution in [1.29, 1.82) is 0 Å². The number of carbonyl (C=O) groups is 2. The highest BCUT2D eigenvalue weighted by Gasteiger charge is 2.13. The molecule has 2 N–H and O–H groups in total. The van der Waals surface area contributed by atoms with Crippen LogP contribution >= 0.6 is 11.3 Å². The Hall–Kier alpha value is -1.47. The van der Waals surface area contributed by atoms with Crippen molar-refractivity contribution in [2.24, 2.45) is 0 Å². The number of carbonyl (C=O) groups excluding carboxylic acids is 1. The molecule has 0 unspecified atom stereocenters. The van der Waals surface area contributed by atoms with Crippen LogP contribution in [0.2, 0.25) is 0 Å². The smallest absolute Gasteiger partial charge is 0.347 e. The maximum atomic E-state index is 11.0. The molecule has 0 spiro atoms. The molecule has 1 aromatic heterocycles. The number of hydrogen-bond donors (Lipinski definition) is 2. The van der Waals surface area contributed by atoms with Gasteiger partial charge in [0, 0.05) is 0 Å². The SMILES string of the molecule is CONC(=O)c1ncc(C(=O)O)s1. The minimum absolute atomic E-state index is 0.0150. The normalized spacial score (nSPS) is 9.62. The van der Waals surface area contributed by atoms with Crippen LogP contribution in [0.25, 0.3) is 0 Å². The second-order valence-electron chi connectivity index (χ2n) is 1.97. The number of carboxylic acids is 1. The predicted molar refractivity (Wildman–Crippen MR) is 43.5 cm³/mol. The molecule has 1 amide bonds. The summed E-state index contributed by atoms with van der Waals surface area (Å²) in [4.78, 5) is 29.4. The Morgan fingerprint density at radius 2 is 2.38 bits per heavy atom. The maximum Gasteiger partial charge on any atom is 0.347 e. The summed E-state index contributed by atoms with van der Waals surface area (Å²) in [5.41, 5.74) is 2.03. The highest BCUT2D eigenvalue weighted by Crippen LogP contribution is 2.12. The molecule has 0 saturated heterocycles. The van der Waals surface area contributed by atoms with Crippen molar-refractivity contribution in [3.05, 3.63) is 16.1 Å². The van der Waals surface area contributed by atoms with Crippen LogP contribution in [0.15, 0.2) is 6.20 Å². The molecule has 0 radical (unpaired) electrons. The zero-order valence-corrected chi connectivity index (χ0v) is 7.42. The molecule has 0 atom stereocenters. The zero-order valence-electron chi connectivity index (χ0n) is 6.60. The quantitative estimate of drug-likeness (QED) is 0.680. The summed E-state index contributed by atoms with van der Waals surface area (Å²) in [5, 5.41) is 8.57. The molecule has 1 heterocycles. The molecule has 7 heteroatoms. The van der Waals surface area contributed by atoms with Gasteiger partial charge in [0.25, 0.3) is 0 Å². The average molecular weight is 202 g/mol. The lowest BCUT2D eigenvalue weighted by atomic mass is 10.6. The number of amides is 1. The molecule has 13 heavy (non-hydrogen) atoms. The van der Waals surface area contributed by atoms with Gasteiger partial charge in [-0.15, -0.1) is 11.3 Å². The van der Waals surface area contributed by atoms with Crippen molar-refractivity contribution in [1.82, 2.24) is 10.5 Å². The molecule has 1 rings (SSSR count). The first-order chi connectivity index (χ1) is 6.15. The topological polar surface area (TPSA) is 88.5 Å². The van der Waals surface area contributed by atoms with Crippen LogP contribution in [0.1, 0.15) is 19.5 Å². The number of carboxylic acid groups (broad SMARTS) is 1. The zero-order chi connectivity index (χ0) is 9.84. The maximum absolute atomic E-state index is 11.0. The lowest BCUT2D eigenvalue weighted by molar-refractivity contribution is 0.0537. The van der Waals surface area contributed by atoms with E-state index in [2.05, 4.69) is 9.82 Å². The summed E-state index contributed by atoms with van der Waals surface area (Å²) in [5.74, 6) is -1.66. The molecular weight excluding hydrogens is 196 g/mol. The van der Waals surface area contributed by atoms with Gasteiger partial charge < -0.3 is 5.11 Å². The molecule has 0 aliphatic carbocycles. The fourth-order valence-electron chi connectivity index (χ4n) is 0.614. The lowest BCUT2D eigenvalue weighted by Crippen LogP contribution is -2.21. The van der Waals surface area contributed by atoms with Crippen molar-refractivity contribution < 1.29 is 19.5 Å². The van der Waals surface area contributed by atoms with Crippen LogP contribution in [0.4, 0.5) is 0 Å². The Bertz CT molecular complexity index is 335. The second-order valence-corrected chi connectivity index (χ2v) is 3.00. The summed E-state index contributed by atoms with van der Waals surface area (Å²) in [7, 11) is 1.28. The predicted octanol–water partition coefficient (Wildman–Crippen LogP) is 0.132. The Morgan fingerprint density at radius 3 is 2.85 bits per heavy atom. The van der Waals surface area contributed by atoms with Crippen LogP contribution in [0, 0.1) is 0 Å². The van der Waals surface area contributed by atoms with Crippen molar-refractivity contribution in [3.8, 4) is 0 Å². The van der Waals surface area contributed by atoms with Gasteiger partial charge in [-0.2, -0.15) is 0 Å². The van der Waals surface area contributed by atoms with Crippen LogP contribution in [-0.4, -0.2) is 29.1 Å². The summed E-state index contributed by atoms with van der Waals surface area (Å²) in [6, 6.07) is 0. The Kier molecular flexibility index (Phi) is 2.93. The molecule has 1 aromatic rings. The summed E-state index contributed by atoms with van der Waals surface area (Å²) in [6.45, 7) is 0. The number of hydroxylamine groups is 1. The highest BCUT2D eigenvalue weighted by molar-refractivity contribution is 7.15. The molecule has 0 aliphatic heterocycles. The molecule has 0 aliphatic rings. The van der Waals surface area contributed by atoms with Gasteiger partial charge in [0.15, 0.2) is 5.01 Å². The molecule has 70 valence electrons. The van der Waals surface area contributed by atoms with Crippen molar-refractivity contribution in [2.75, 3.05) is 7.11 Å². The number of nitrogens with zero attached hydrogens (tertiary/aromatic N) is 1. The highest BCUT2D eigenvalue weighted by atomic mass is 32.1. The van der Waals surface area contributed by atoms with Gasteiger partial charge in [-0.1, -0.05) is 0 Å². The van der Waals surface area contributed by atoms with E-state index in [1.807, 2.05) is 5.48 Å². The van der Waals surface area contributed by atoms with E-state index in [0.717, 1.165) is 17.5 Å². The Labute approximate surface area is 77.1 Å². The fourth-order valence-corrected chi connectivity index (χ4v) is 1.26. The summed E-state index contributed by atoms with van der Waals surface area (Å²) >= 11 is 0.786. The second kappa shape index (κ2) is 3.97. The fraction of sp³-hybridized carbons (Fsp3) is 0.167. The number of thiazole rings is 1. The third-order valence-electron chi connectivity index (χ3n) is 1.11. The Morgan fingerprint density at radius 1 is 1.69 bits per heavy atom. The van der Waals surface area contributed by atoms with Gasteiger partial charge >= 0.3 is 11.9 Å². The van der Waals surface area contributed by atoms with Crippen LogP contribution in [0.3, 0.4) is 0 Å². The minimum atomic E-state index is -1.10. The van der Waals surface area contributed by atoms with Crippen LogP contribution < -0.4 is 5.48 Å². The largest absolute Gasteiger partial charge is 0.477 e. The number of rotatable bonds is 3. The first-order valence-electron chi connectivity index (χ1n) is 3.17. The van der Waals surface area contributed by atoms with E-state index in [4.69, 9.17) is 5.11 Å². The summed E-state index contributed by atoms with van der Waals surface area (Å²) < 4.78 is 0. The van der Waals surface area contributed by atoms with E-state index in [1.54, 1.807) is 0 Å². The number of aromatic nitrogens is 1. The molecule has 0 saturated carbocycles. The van der Waals surface area contributed by atoms with E-state index in [1.165, 1.54) is 7.11 Å². The van der Waals surface area contributed by atoms with Crippen LogP contribution in [-0.2, 0) is 4.84 Å². The van der Waals surface area contributed by atoms with Gasteiger partial charge in [-0.3, -0.25) is 9.63 Å². The molecule has 6 nitrogen and oxygen atoms in total. The number of aromatic carboxylic acids is 1. The Balaban J connectivity index is 2.79. The first kappa shape index (κ1) is 9.62. The van der Waals surface area contributed by atoms with Crippen LogP contribution in [0.5, 0.6) is 0 Å². The molecular formula is C6H6N2O4S. The molecule has 0 fully saturated rings. The van der Waals surface area contributed by atoms with Gasteiger partial charge in [0.1, 0.15) is 4.88 Å². The van der Waals surface area contributed by atoms with Gasteiger partial charge in [-0.05, 0) is 0 Å². The van der Waals surface area contributed by atoms with Crippen molar-refractivity contribution in [3.63, 3.8) is 0 Å². The van der Waals surface area contributed by atoms with E-state index in [9.17, 15) is 9.59 Å². The van der Waals surface area contributed by atoms with Crippen molar-refractivity contribution in [2.45, 2.75) is 0 Å². The first-order valence-corrected chi connectivity index (χ1v) is 3.99. The summed E-state index contributed by atoms with van der Waals surface area (Å²) in [6.07, 6.45) is 1.12. The molecule has 0 aromatic carbocycles. The van der Waals surface area contributed by atoms with Gasteiger partial charge in [0.05, 0.1) is 13.3 Å². The van der Waals surface area contributed by atoms with E-state index >= 15 is 0 Å². The minimum Gasteiger partial charge on any atom is -0.477 e. The van der Waals surface area contributed by atoms with E-state index in [-0.39, 0.29) is 9.88 Å². The van der Waals surface area contributed by atoms with Crippen molar-refractivity contribution >= 4 is 23.2 Å². The number of nitrogens with one attached hydrogen (secondary N) is 1. The molecule has 0 bridgehead atoms. The monoisotopic (exact) mass is 202 g/mol. The average Bonchev–Trinajstić information content (AvgIpc) is 2.52. The van der Waals surface area contributed by atoms with E-state index in [0.29, 0.717) is 0 Å². The third kappa shape index (κ3) is 2.23. The van der Waals surface area contributed by atoms with Gasteiger partial charge in [0.2, 0.25) is 0 Å². The number of hydrogen-bond acceptors (Lipinski definition) is 5. The lowest BCUT2D eigenvalue weighted by Gasteiger charge is -1.95. The van der Waals surface area contributed by atoms with Gasteiger partial charge in [-0.25, -0.2) is 15.3 Å².